The van der Waals surface area contributed by atoms with Gasteiger partial charge in [-0.2, -0.15) is 0 Å². The van der Waals surface area contributed by atoms with Crippen LogP contribution in [0.4, 0.5) is 0 Å². The predicted octanol–water partition coefficient (Wildman–Crippen LogP) is 4.29. The van der Waals surface area contributed by atoms with Crippen molar-refractivity contribution in [2.45, 2.75) is 26.3 Å². The van der Waals surface area contributed by atoms with Gasteiger partial charge in [-0.05, 0) is 61.2 Å². The molecule has 1 heterocycles. The Morgan fingerprint density at radius 1 is 1.22 bits per heavy atom. The van der Waals surface area contributed by atoms with Crippen molar-refractivity contribution >= 4 is 11.6 Å². The number of hydrogen-bond acceptors (Lipinski definition) is 3. The van der Waals surface area contributed by atoms with Crippen molar-refractivity contribution in [1.29, 1.82) is 0 Å². The Balaban J connectivity index is 2.10. The number of ether oxygens (including phenoxy) is 2. The third-order valence-corrected chi connectivity index (χ3v) is 4.49. The highest BCUT2D eigenvalue weighted by Gasteiger charge is 2.25. The number of fused-ring (bicyclic) bond motifs is 1. The molecule has 4 heteroatoms. The van der Waals surface area contributed by atoms with Crippen molar-refractivity contribution in [3.8, 4) is 11.5 Å². The SMILES string of the molecule is CCOc1c(C)cc(Cl)cc1C1NCCc2cc(OC)ccc21. The smallest absolute Gasteiger partial charge is 0.127 e. The molecule has 1 atom stereocenters. The van der Waals surface area contributed by atoms with Gasteiger partial charge < -0.3 is 14.8 Å². The van der Waals surface area contributed by atoms with E-state index >= 15 is 0 Å². The average Bonchev–Trinajstić information content (AvgIpc) is 2.56. The number of benzene rings is 2. The Morgan fingerprint density at radius 3 is 2.78 bits per heavy atom. The molecule has 1 N–H and O–H groups in total. The van der Waals surface area contributed by atoms with Gasteiger partial charge in [0.1, 0.15) is 11.5 Å². The lowest BCUT2D eigenvalue weighted by Gasteiger charge is -2.29. The van der Waals surface area contributed by atoms with Crippen molar-refractivity contribution in [1.82, 2.24) is 5.32 Å². The summed E-state index contributed by atoms with van der Waals surface area (Å²) in [7, 11) is 1.70. The molecule has 0 aromatic heterocycles. The first-order valence-electron chi connectivity index (χ1n) is 7.97. The minimum atomic E-state index is 0.0867. The molecule has 0 amide bonds. The van der Waals surface area contributed by atoms with E-state index in [1.807, 2.05) is 32.0 Å². The molecule has 0 radical (unpaired) electrons. The van der Waals surface area contributed by atoms with Crippen LogP contribution in [0.2, 0.25) is 5.02 Å². The molecular formula is C19H22ClNO2. The van der Waals surface area contributed by atoms with Gasteiger partial charge in [0.2, 0.25) is 0 Å². The summed E-state index contributed by atoms with van der Waals surface area (Å²) < 4.78 is 11.3. The van der Waals surface area contributed by atoms with Crippen LogP contribution in [0.5, 0.6) is 11.5 Å². The molecule has 2 aromatic rings. The lowest BCUT2D eigenvalue weighted by atomic mass is 9.88. The molecule has 1 unspecified atom stereocenters. The third kappa shape index (κ3) is 3.17. The molecule has 0 saturated heterocycles. The Labute approximate surface area is 142 Å². The van der Waals surface area contributed by atoms with Crippen LogP contribution < -0.4 is 14.8 Å². The molecule has 3 rings (SSSR count). The van der Waals surface area contributed by atoms with Crippen molar-refractivity contribution in [3.63, 3.8) is 0 Å². The van der Waals surface area contributed by atoms with Gasteiger partial charge in [0.25, 0.3) is 0 Å². The van der Waals surface area contributed by atoms with Crippen LogP contribution in [0.3, 0.4) is 0 Å². The minimum absolute atomic E-state index is 0.0867. The number of halogens is 1. The van der Waals surface area contributed by atoms with Crippen molar-refractivity contribution in [2.24, 2.45) is 0 Å². The van der Waals surface area contributed by atoms with Gasteiger partial charge in [-0.15, -0.1) is 0 Å². The Kier molecular flexibility index (Phi) is 4.79. The quantitative estimate of drug-likeness (QED) is 0.906. The second-order valence-corrected chi connectivity index (χ2v) is 6.21. The van der Waals surface area contributed by atoms with Gasteiger partial charge in [0, 0.05) is 17.1 Å². The highest BCUT2D eigenvalue weighted by Crippen LogP contribution is 2.38. The molecule has 0 fully saturated rings. The zero-order chi connectivity index (χ0) is 16.4. The summed E-state index contributed by atoms with van der Waals surface area (Å²) in [5.41, 5.74) is 4.74. The summed E-state index contributed by atoms with van der Waals surface area (Å²) in [6, 6.07) is 10.3. The van der Waals surface area contributed by atoms with E-state index in [2.05, 4.69) is 17.4 Å². The van der Waals surface area contributed by atoms with Gasteiger partial charge in [-0.25, -0.2) is 0 Å². The van der Waals surface area contributed by atoms with E-state index < -0.39 is 0 Å². The van der Waals surface area contributed by atoms with Gasteiger partial charge in [-0.3, -0.25) is 0 Å². The highest BCUT2D eigenvalue weighted by molar-refractivity contribution is 6.30. The van der Waals surface area contributed by atoms with Crippen LogP contribution >= 0.6 is 11.6 Å². The van der Waals surface area contributed by atoms with Crippen LogP contribution in [-0.4, -0.2) is 20.3 Å². The first-order chi connectivity index (χ1) is 11.1. The molecular weight excluding hydrogens is 310 g/mol. The van der Waals surface area contributed by atoms with Gasteiger partial charge >= 0.3 is 0 Å². The van der Waals surface area contributed by atoms with Crippen LogP contribution in [0, 0.1) is 6.92 Å². The zero-order valence-corrected chi connectivity index (χ0v) is 14.5. The van der Waals surface area contributed by atoms with Crippen LogP contribution in [0.1, 0.15) is 35.2 Å². The summed E-state index contributed by atoms with van der Waals surface area (Å²) in [6.45, 7) is 5.60. The fourth-order valence-electron chi connectivity index (χ4n) is 3.26. The summed E-state index contributed by atoms with van der Waals surface area (Å²) in [6.07, 6.45) is 0.993. The number of hydrogen-bond donors (Lipinski definition) is 1. The fraction of sp³-hybridized carbons (Fsp3) is 0.368. The monoisotopic (exact) mass is 331 g/mol. The van der Waals surface area contributed by atoms with E-state index in [0.717, 1.165) is 40.6 Å². The van der Waals surface area contributed by atoms with Crippen molar-refractivity contribution in [2.75, 3.05) is 20.3 Å². The fourth-order valence-corrected chi connectivity index (χ4v) is 3.54. The number of rotatable bonds is 4. The molecule has 2 aromatic carbocycles. The van der Waals surface area contributed by atoms with E-state index in [9.17, 15) is 0 Å². The molecule has 1 aliphatic heterocycles. The summed E-state index contributed by atoms with van der Waals surface area (Å²) in [4.78, 5) is 0. The van der Waals surface area contributed by atoms with Gasteiger partial charge in [0.05, 0.1) is 19.8 Å². The van der Waals surface area contributed by atoms with Crippen LogP contribution in [-0.2, 0) is 6.42 Å². The molecule has 0 spiro atoms. The first-order valence-corrected chi connectivity index (χ1v) is 8.35. The third-order valence-electron chi connectivity index (χ3n) is 4.27. The second kappa shape index (κ2) is 6.81. The molecule has 1 aliphatic rings. The minimum Gasteiger partial charge on any atom is -0.497 e. The largest absolute Gasteiger partial charge is 0.497 e. The lowest BCUT2D eigenvalue weighted by Crippen LogP contribution is -2.31. The summed E-state index contributed by atoms with van der Waals surface area (Å²) >= 11 is 6.31. The summed E-state index contributed by atoms with van der Waals surface area (Å²) in [5, 5.41) is 4.34. The first kappa shape index (κ1) is 16.2. The predicted molar refractivity (Wildman–Crippen MR) is 93.9 cm³/mol. The second-order valence-electron chi connectivity index (χ2n) is 5.78. The van der Waals surface area contributed by atoms with E-state index in [0.29, 0.717) is 6.61 Å². The number of methoxy groups -OCH3 is 1. The molecule has 23 heavy (non-hydrogen) atoms. The maximum Gasteiger partial charge on any atom is 0.127 e. The maximum atomic E-state index is 6.31. The topological polar surface area (TPSA) is 30.5 Å². The van der Waals surface area contributed by atoms with Crippen molar-refractivity contribution < 1.29 is 9.47 Å². The molecule has 0 aliphatic carbocycles. The standard InChI is InChI=1S/C19H22ClNO2/c1-4-23-19-12(2)9-14(20)11-17(19)18-16-6-5-15(22-3)10-13(16)7-8-21-18/h5-6,9-11,18,21H,4,7-8H2,1-3H3. The van der Waals surface area contributed by atoms with Crippen LogP contribution in [0.25, 0.3) is 0 Å². The summed E-state index contributed by atoms with van der Waals surface area (Å²) in [5.74, 6) is 1.83. The molecule has 0 bridgehead atoms. The molecule has 122 valence electrons. The number of aryl methyl sites for hydroxylation is 1. The van der Waals surface area contributed by atoms with Gasteiger partial charge in [0.15, 0.2) is 0 Å². The Hall–Kier alpha value is -1.71. The normalized spacial score (nSPS) is 16.8. The highest BCUT2D eigenvalue weighted by atomic mass is 35.5. The Bertz CT molecular complexity index is 715. The van der Waals surface area contributed by atoms with E-state index in [1.165, 1.54) is 11.1 Å². The maximum absolute atomic E-state index is 6.31. The molecule has 3 nitrogen and oxygen atoms in total. The van der Waals surface area contributed by atoms with E-state index in [4.69, 9.17) is 21.1 Å². The van der Waals surface area contributed by atoms with E-state index in [-0.39, 0.29) is 6.04 Å². The van der Waals surface area contributed by atoms with Gasteiger partial charge in [-0.1, -0.05) is 17.7 Å². The average molecular weight is 332 g/mol. The zero-order valence-electron chi connectivity index (χ0n) is 13.8. The number of nitrogens with one attached hydrogen (secondary N) is 1. The van der Waals surface area contributed by atoms with Crippen molar-refractivity contribution in [3.05, 3.63) is 57.6 Å². The Morgan fingerprint density at radius 2 is 2.04 bits per heavy atom. The van der Waals surface area contributed by atoms with Crippen LogP contribution in [0.15, 0.2) is 30.3 Å². The molecule has 0 saturated carbocycles. The lowest BCUT2D eigenvalue weighted by molar-refractivity contribution is 0.330. The van der Waals surface area contributed by atoms with E-state index in [1.54, 1.807) is 7.11 Å².